The third-order valence-electron chi connectivity index (χ3n) is 2.45. The van der Waals surface area contributed by atoms with E-state index in [1.807, 2.05) is 0 Å². The van der Waals surface area contributed by atoms with Gasteiger partial charge in [-0.15, -0.1) is 0 Å². The van der Waals surface area contributed by atoms with Gasteiger partial charge in [-0.25, -0.2) is 0 Å². The van der Waals surface area contributed by atoms with Crippen LogP contribution in [0.4, 0.5) is 0 Å². The van der Waals surface area contributed by atoms with Crippen molar-refractivity contribution in [3.63, 3.8) is 0 Å². The van der Waals surface area contributed by atoms with Gasteiger partial charge in [0.2, 0.25) is 0 Å². The lowest BCUT2D eigenvalue weighted by Gasteiger charge is -2.38. The van der Waals surface area contributed by atoms with Crippen LogP contribution in [0.5, 0.6) is 0 Å². The molecule has 0 aliphatic carbocycles. The topological polar surface area (TPSA) is 68.1 Å². The number of ether oxygens (including phenoxy) is 2. The van der Waals surface area contributed by atoms with E-state index in [1.165, 1.54) is 7.11 Å². The molecule has 0 radical (unpaired) electrons. The third kappa shape index (κ3) is 1.87. The van der Waals surface area contributed by atoms with Crippen LogP contribution in [0.1, 0.15) is 13.8 Å². The van der Waals surface area contributed by atoms with Gasteiger partial charge in [-0.3, -0.25) is 0 Å². The van der Waals surface area contributed by atoms with Crippen molar-refractivity contribution < 1.29 is 14.6 Å². The molecule has 1 rings (SSSR count). The zero-order chi connectivity index (χ0) is 10.0. The Labute approximate surface area is 77.0 Å². The Bertz CT molecular complexity index is 187. The molecule has 0 aromatic heterocycles. The second-order valence-electron chi connectivity index (χ2n) is 3.33. The van der Waals surface area contributed by atoms with Gasteiger partial charge >= 0.3 is 0 Å². The molecule has 1 aliphatic rings. The van der Waals surface area contributed by atoms with Gasteiger partial charge in [0.1, 0.15) is 18.2 Å². The summed E-state index contributed by atoms with van der Waals surface area (Å²) in [5.74, 6) is 0. The number of aliphatic hydroxyl groups is 1. The molecule has 1 aliphatic heterocycles. The van der Waals surface area contributed by atoms with Gasteiger partial charge in [0.05, 0.1) is 12.2 Å². The van der Waals surface area contributed by atoms with E-state index in [2.05, 4.69) is 5.18 Å². The van der Waals surface area contributed by atoms with E-state index in [4.69, 9.17) is 9.47 Å². The first-order valence-corrected chi connectivity index (χ1v) is 4.30. The van der Waals surface area contributed by atoms with Gasteiger partial charge < -0.3 is 14.6 Å². The molecule has 1 N–H and O–H groups in total. The Hall–Kier alpha value is -0.520. The van der Waals surface area contributed by atoms with E-state index in [1.54, 1.807) is 13.8 Å². The maximum Gasteiger partial charge on any atom is 0.149 e. The van der Waals surface area contributed by atoms with E-state index in [9.17, 15) is 10.0 Å². The lowest BCUT2D eigenvalue weighted by molar-refractivity contribution is -0.174. The molecule has 0 saturated carbocycles. The molecule has 0 aromatic rings. The van der Waals surface area contributed by atoms with Crippen molar-refractivity contribution in [1.82, 2.24) is 0 Å². The van der Waals surface area contributed by atoms with Crippen molar-refractivity contribution >= 4 is 0 Å². The number of hydrogen-bond acceptors (Lipinski definition) is 5. The lowest BCUT2D eigenvalue weighted by atomic mass is 9.94. The molecule has 0 spiro atoms. The number of aliphatic hydroxyl groups excluding tert-OH is 1. The number of methoxy groups -OCH3 is 1. The van der Waals surface area contributed by atoms with Crippen molar-refractivity contribution in [2.45, 2.75) is 44.3 Å². The third-order valence-corrected chi connectivity index (χ3v) is 2.45. The highest BCUT2D eigenvalue weighted by atomic mass is 16.6. The van der Waals surface area contributed by atoms with Crippen LogP contribution in [-0.4, -0.2) is 42.7 Å². The molecule has 1 fully saturated rings. The average molecular weight is 189 g/mol. The zero-order valence-electron chi connectivity index (χ0n) is 8.01. The summed E-state index contributed by atoms with van der Waals surface area (Å²) in [6.45, 7) is 3.51. The normalized spacial score (nSPS) is 46.0. The highest BCUT2D eigenvalue weighted by Crippen LogP contribution is 2.24. The van der Waals surface area contributed by atoms with Crippen LogP contribution in [0.2, 0.25) is 0 Å². The summed E-state index contributed by atoms with van der Waals surface area (Å²) in [6, 6.07) is -0.733. The maximum absolute atomic E-state index is 10.5. The van der Waals surface area contributed by atoms with Gasteiger partial charge in [0, 0.05) is 7.11 Å². The van der Waals surface area contributed by atoms with Gasteiger partial charge in [-0.2, -0.15) is 4.91 Å². The van der Waals surface area contributed by atoms with Gasteiger partial charge in [-0.05, 0) is 13.8 Å². The second kappa shape index (κ2) is 4.13. The fraction of sp³-hybridized carbons (Fsp3) is 1.00. The summed E-state index contributed by atoms with van der Waals surface area (Å²) in [6.07, 6.45) is -1.92. The quantitative estimate of drug-likeness (QED) is 0.634. The minimum absolute atomic E-state index is 0.217. The molecule has 3 unspecified atom stereocenters. The first kappa shape index (κ1) is 10.6. The number of nitrogens with zero attached hydrogens (tertiary/aromatic N) is 1. The van der Waals surface area contributed by atoms with E-state index < -0.39 is 18.2 Å². The molecule has 5 heteroatoms. The Morgan fingerprint density at radius 1 is 1.38 bits per heavy atom. The second-order valence-corrected chi connectivity index (χ2v) is 3.33. The van der Waals surface area contributed by atoms with E-state index >= 15 is 0 Å². The summed E-state index contributed by atoms with van der Waals surface area (Å²) in [5, 5.41) is 12.4. The predicted molar refractivity (Wildman–Crippen MR) is 46.4 cm³/mol. The Morgan fingerprint density at radius 2 is 2.00 bits per heavy atom. The number of rotatable bonds is 2. The molecule has 13 heavy (non-hydrogen) atoms. The number of hydrogen-bond donors (Lipinski definition) is 1. The predicted octanol–water partition coefficient (Wildman–Crippen LogP) is 0.304. The Kier molecular flexibility index (Phi) is 3.35. The molecule has 0 amide bonds. The van der Waals surface area contributed by atoms with Crippen molar-refractivity contribution in [2.75, 3.05) is 7.11 Å². The highest BCUT2D eigenvalue weighted by molar-refractivity contribution is 4.94. The van der Waals surface area contributed by atoms with Gasteiger partial charge in [0.15, 0.2) is 0 Å². The largest absolute Gasteiger partial charge is 0.388 e. The Morgan fingerprint density at radius 3 is 2.46 bits per heavy atom. The Balaban J connectivity index is 2.77. The van der Waals surface area contributed by atoms with E-state index in [0.717, 1.165) is 0 Å². The molecule has 5 atom stereocenters. The standard InChI is InChI=1S/C8H15NO4/c1-4-7(10)6(9-11)8(12-3)5(2)13-4/h4-8,10H,1-3H3/t4?,5-,6?,7-,8?/m0/s1. The molecule has 1 saturated heterocycles. The average Bonchev–Trinajstić information content (AvgIpc) is 2.10. The van der Waals surface area contributed by atoms with Crippen molar-refractivity contribution in [2.24, 2.45) is 5.18 Å². The molecule has 76 valence electrons. The smallest absolute Gasteiger partial charge is 0.149 e. The summed E-state index contributed by atoms with van der Waals surface area (Å²) in [4.78, 5) is 10.5. The maximum atomic E-state index is 10.5. The minimum Gasteiger partial charge on any atom is -0.388 e. The lowest BCUT2D eigenvalue weighted by Crippen LogP contribution is -2.55. The van der Waals surface area contributed by atoms with E-state index in [0.29, 0.717) is 0 Å². The monoisotopic (exact) mass is 189 g/mol. The van der Waals surface area contributed by atoms with Crippen LogP contribution in [-0.2, 0) is 9.47 Å². The van der Waals surface area contributed by atoms with Crippen LogP contribution < -0.4 is 0 Å². The van der Waals surface area contributed by atoms with Crippen LogP contribution in [0, 0.1) is 4.91 Å². The summed E-state index contributed by atoms with van der Waals surface area (Å²) in [5.41, 5.74) is 0. The fourth-order valence-corrected chi connectivity index (χ4v) is 1.70. The minimum atomic E-state index is -0.876. The first-order valence-electron chi connectivity index (χ1n) is 4.30. The van der Waals surface area contributed by atoms with Gasteiger partial charge in [-0.1, -0.05) is 5.18 Å². The van der Waals surface area contributed by atoms with Crippen LogP contribution >= 0.6 is 0 Å². The number of nitroso groups, excluding NO2 is 1. The SMILES string of the molecule is COC1C(N=O)[C@@H](O)C(C)O[C@H]1C. The first-order chi connectivity index (χ1) is 6.11. The van der Waals surface area contributed by atoms with Crippen LogP contribution in [0.25, 0.3) is 0 Å². The zero-order valence-corrected chi connectivity index (χ0v) is 8.01. The van der Waals surface area contributed by atoms with Gasteiger partial charge in [0.25, 0.3) is 0 Å². The fourth-order valence-electron chi connectivity index (χ4n) is 1.70. The molecule has 0 aromatic carbocycles. The molecular formula is C8H15NO4. The van der Waals surface area contributed by atoms with Crippen molar-refractivity contribution in [3.05, 3.63) is 4.91 Å². The van der Waals surface area contributed by atoms with E-state index in [-0.39, 0.29) is 12.2 Å². The highest BCUT2D eigenvalue weighted by Gasteiger charge is 2.42. The van der Waals surface area contributed by atoms with Crippen molar-refractivity contribution in [3.8, 4) is 0 Å². The molecular weight excluding hydrogens is 174 g/mol. The molecule has 5 nitrogen and oxygen atoms in total. The van der Waals surface area contributed by atoms with Crippen LogP contribution in [0.15, 0.2) is 5.18 Å². The van der Waals surface area contributed by atoms with Crippen molar-refractivity contribution in [1.29, 1.82) is 0 Å². The molecule has 1 heterocycles. The summed E-state index contributed by atoms with van der Waals surface area (Å²) < 4.78 is 10.4. The summed E-state index contributed by atoms with van der Waals surface area (Å²) in [7, 11) is 1.48. The van der Waals surface area contributed by atoms with Crippen LogP contribution in [0.3, 0.4) is 0 Å². The summed E-state index contributed by atoms with van der Waals surface area (Å²) >= 11 is 0. The molecule has 0 bridgehead atoms.